The Morgan fingerprint density at radius 3 is 2.00 bits per heavy atom. The van der Waals surface area contributed by atoms with Gasteiger partial charge in [0.25, 0.3) is 0 Å². The second kappa shape index (κ2) is 6.85. The number of hydrazone groups is 1. The molecule has 156 valence electrons. The topological polar surface area (TPSA) is 41.9 Å². The number of hydrogen-bond acceptors (Lipinski definition) is 3. The van der Waals surface area contributed by atoms with Gasteiger partial charge in [-0.3, -0.25) is 4.79 Å². The van der Waals surface area contributed by atoms with Crippen LogP contribution >= 0.6 is 0 Å². The minimum Gasteiger partial charge on any atom is -0.412 e. The number of nitrogens with zero attached hydrogens (tertiary/aromatic N) is 2. The van der Waals surface area contributed by atoms with Gasteiger partial charge in [0.1, 0.15) is 0 Å². The van der Waals surface area contributed by atoms with E-state index in [9.17, 15) is 44.3 Å². The van der Waals surface area contributed by atoms with E-state index in [1.165, 1.54) is 24.3 Å². The third kappa shape index (κ3) is 3.61. The van der Waals surface area contributed by atoms with E-state index in [0.717, 1.165) is 6.92 Å². The molecule has 1 atom stereocenters. The molecule has 1 aromatic carbocycles. The van der Waals surface area contributed by atoms with Crippen molar-refractivity contribution >= 4 is 11.8 Å². The molecule has 1 aromatic rings. The summed E-state index contributed by atoms with van der Waals surface area (Å²) in [5.74, 6) is -16.1. The predicted octanol–water partition coefficient (Wildman–Crippen LogP) is 4.74. The van der Waals surface area contributed by atoms with Crippen molar-refractivity contribution in [3.63, 3.8) is 0 Å². The number of halogens is 9. The lowest BCUT2D eigenvalue weighted by Crippen LogP contribution is -2.62. The molecule has 13 heteroatoms. The second-order valence-corrected chi connectivity index (χ2v) is 5.75. The number of carbonyl (C=O) groups excluding carboxylic acids is 1. The quantitative estimate of drug-likeness (QED) is 0.659. The van der Waals surface area contributed by atoms with Crippen LogP contribution in [0.25, 0.3) is 0 Å². The van der Waals surface area contributed by atoms with Gasteiger partial charge >= 0.3 is 24.1 Å². The third-order valence-corrected chi connectivity index (χ3v) is 3.75. The molecule has 1 aliphatic rings. The highest BCUT2D eigenvalue weighted by atomic mass is 19.4. The number of benzene rings is 1. The zero-order valence-electron chi connectivity index (χ0n) is 13.8. The molecule has 0 N–H and O–H groups in total. The van der Waals surface area contributed by atoms with E-state index in [-0.39, 0.29) is 0 Å². The van der Waals surface area contributed by atoms with E-state index in [1.54, 1.807) is 6.07 Å². The lowest BCUT2D eigenvalue weighted by Gasteiger charge is -2.32. The van der Waals surface area contributed by atoms with Crippen molar-refractivity contribution in [3.8, 4) is 0 Å². The van der Waals surface area contributed by atoms with Gasteiger partial charge in [-0.1, -0.05) is 30.3 Å². The molecule has 1 aliphatic heterocycles. The van der Waals surface area contributed by atoms with E-state index in [0.29, 0.717) is 10.6 Å². The van der Waals surface area contributed by atoms with E-state index in [4.69, 9.17) is 0 Å². The second-order valence-electron chi connectivity index (χ2n) is 5.75. The van der Waals surface area contributed by atoms with Gasteiger partial charge in [0.15, 0.2) is 0 Å². The molecule has 0 saturated heterocycles. The Balaban J connectivity index is 2.31. The molecule has 0 aromatic heterocycles. The molecule has 2 rings (SSSR count). The Bertz CT molecular complexity index is 763. The number of hydrogen-bond donors (Lipinski definition) is 0. The summed E-state index contributed by atoms with van der Waals surface area (Å²) in [6.45, 7) is 0.951. The summed E-state index contributed by atoms with van der Waals surface area (Å²) in [5.41, 5.74) is 0.316. The molecule has 4 nitrogen and oxygen atoms in total. The molecule has 0 spiro atoms. The number of alkyl halides is 9. The molecule has 1 heterocycles. The fourth-order valence-electron chi connectivity index (χ4n) is 2.34. The maximum atomic E-state index is 13.6. The first-order valence-corrected chi connectivity index (χ1v) is 7.43. The smallest absolute Gasteiger partial charge is 0.412 e. The van der Waals surface area contributed by atoms with Crippen molar-refractivity contribution in [3.05, 3.63) is 35.9 Å². The number of carbonyl (C=O) groups is 1. The summed E-state index contributed by atoms with van der Waals surface area (Å²) in [7, 11) is 0. The van der Waals surface area contributed by atoms with Crippen LogP contribution < -0.4 is 0 Å². The van der Waals surface area contributed by atoms with Gasteiger partial charge in [-0.05, 0) is 5.56 Å². The van der Waals surface area contributed by atoms with E-state index in [2.05, 4.69) is 9.84 Å². The summed E-state index contributed by atoms with van der Waals surface area (Å²) < 4.78 is 119. The molecule has 0 radical (unpaired) electrons. The van der Waals surface area contributed by atoms with Gasteiger partial charge in [0.05, 0.1) is 12.5 Å². The summed E-state index contributed by atoms with van der Waals surface area (Å²) in [6, 6.07) is 6.34. The van der Waals surface area contributed by atoms with Crippen LogP contribution in [-0.2, 0) is 9.53 Å². The summed E-state index contributed by atoms with van der Waals surface area (Å²) >= 11 is 0. The van der Waals surface area contributed by atoms with Crippen molar-refractivity contribution in [2.24, 2.45) is 5.10 Å². The highest BCUT2D eigenvalue weighted by Crippen LogP contribution is 2.53. The van der Waals surface area contributed by atoms with E-state index < -0.39 is 48.4 Å². The first-order chi connectivity index (χ1) is 12.6. The maximum absolute atomic E-state index is 13.6. The third-order valence-electron chi connectivity index (χ3n) is 3.75. The molecular weight excluding hydrogens is 411 g/mol. The van der Waals surface area contributed by atoms with Crippen LogP contribution in [0.5, 0.6) is 0 Å². The first kappa shape index (κ1) is 21.8. The van der Waals surface area contributed by atoms with Crippen molar-refractivity contribution in [2.45, 2.75) is 43.5 Å². The van der Waals surface area contributed by atoms with E-state index in [1.807, 2.05) is 0 Å². The minimum atomic E-state index is -7.08. The van der Waals surface area contributed by atoms with Crippen LogP contribution in [0.3, 0.4) is 0 Å². The molecule has 1 amide bonds. The largest absolute Gasteiger partial charge is 0.472 e. The molecular formula is C15H11F9N2O2. The van der Waals surface area contributed by atoms with Crippen LogP contribution in [0.4, 0.5) is 39.5 Å². The van der Waals surface area contributed by atoms with E-state index >= 15 is 0 Å². The van der Waals surface area contributed by atoms with Crippen molar-refractivity contribution < 1.29 is 49.0 Å². The van der Waals surface area contributed by atoms with Crippen LogP contribution in [0, 0.1) is 0 Å². The molecule has 0 bridgehead atoms. The predicted molar refractivity (Wildman–Crippen MR) is 75.7 cm³/mol. The molecule has 0 fully saturated rings. The van der Waals surface area contributed by atoms with Crippen LogP contribution in [0.1, 0.15) is 24.9 Å². The van der Waals surface area contributed by atoms with Crippen LogP contribution in [-0.4, -0.2) is 40.9 Å². The van der Waals surface area contributed by atoms with Gasteiger partial charge in [-0.2, -0.15) is 39.5 Å². The zero-order valence-corrected chi connectivity index (χ0v) is 13.8. The monoisotopic (exact) mass is 422 g/mol. The Kier molecular flexibility index (Phi) is 5.34. The number of ether oxygens (including phenoxy) is 1. The number of amides is 1. The lowest BCUT2D eigenvalue weighted by molar-refractivity contribution is -0.431. The first-order valence-electron chi connectivity index (χ1n) is 7.43. The molecule has 28 heavy (non-hydrogen) atoms. The SMILES string of the molecule is CC(=O)N1N=C(OC(F)(F)C(F)(F)C(F)(F)C(F)(F)F)CC1c1ccccc1. The maximum Gasteiger partial charge on any atom is 0.472 e. The average molecular weight is 422 g/mol. The minimum absolute atomic E-state index is 0.316. The van der Waals surface area contributed by atoms with Crippen molar-refractivity contribution in [2.75, 3.05) is 0 Å². The molecule has 1 unspecified atom stereocenters. The van der Waals surface area contributed by atoms with Gasteiger partial charge in [-0.15, -0.1) is 5.10 Å². The standard InChI is InChI=1S/C15H11F9N2O2/c1-8(27)26-10(9-5-3-2-4-6-9)7-11(25-26)28-15(23,24)13(18,19)12(16,17)14(20,21)22/h2-6,10H,7H2,1H3. The number of rotatable bonds is 4. The Hall–Kier alpha value is -2.47. The normalized spacial score (nSPS) is 18.9. The fraction of sp³-hybridized carbons (Fsp3) is 0.467. The van der Waals surface area contributed by atoms with Crippen molar-refractivity contribution in [1.29, 1.82) is 0 Å². The lowest BCUT2D eigenvalue weighted by atomic mass is 10.0. The van der Waals surface area contributed by atoms with Gasteiger partial charge in [0, 0.05) is 6.92 Å². The Morgan fingerprint density at radius 2 is 1.54 bits per heavy atom. The van der Waals surface area contributed by atoms with Crippen LogP contribution in [0.2, 0.25) is 0 Å². The van der Waals surface area contributed by atoms with Gasteiger partial charge < -0.3 is 4.74 Å². The molecule has 0 saturated carbocycles. The van der Waals surface area contributed by atoms with Gasteiger partial charge in [0.2, 0.25) is 11.8 Å². The highest BCUT2D eigenvalue weighted by molar-refractivity contribution is 5.84. The van der Waals surface area contributed by atoms with Crippen LogP contribution in [0.15, 0.2) is 35.4 Å². The highest BCUT2D eigenvalue weighted by Gasteiger charge is 2.83. The zero-order chi connectivity index (χ0) is 21.5. The molecule has 0 aliphatic carbocycles. The summed E-state index contributed by atoms with van der Waals surface area (Å²) in [6.07, 6.45) is -14.0. The summed E-state index contributed by atoms with van der Waals surface area (Å²) in [5, 5.41) is 3.80. The Labute approximate surface area is 151 Å². The summed E-state index contributed by atoms with van der Waals surface area (Å²) in [4.78, 5) is 11.6. The van der Waals surface area contributed by atoms with Crippen molar-refractivity contribution in [1.82, 2.24) is 5.01 Å². The Morgan fingerprint density at radius 1 is 1.00 bits per heavy atom. The van der Waals surface area contributed by atoms with Gasteiger partial charge in [-0.25, -0.2) is 5.01 Å². The average Bonchev–Trinajstić information content (AvgIpc) is 2.97. The fourth-order valence-corrected chi connectivity index (χ4v) is 2.34.